The van der Waals surface area contributed by atoms with Gasteiger partial charge in [-0.2, -0.15) is 0 Å². The second kappa shape index (κ2) is 8.43. The minimum absolute atomic E-state index is 0.296. The number of nitrogens with zero attached hydrogens (tertiary/aromatic N) is 2. The van der Waals surface area contributed by atoms with Crippen LogP contribution in [0.2, 0.25) is 0 Å². The molecular weight excluding hydrogens is 328 g/mol. The number of hydrogen-bond donors (Lipinski definition) is 0. The van der Waals surface area contributed by atoms with Crippen molar-refractivity contribution in [3.05, 3.63) is 51.5 Å². The minimum Gasteiger partial charge on any atom is -0.381 e. The van der Waals surface area contributed by atoms with Crippen LogP contribution in [0.3, 0.4) is 0 Å². The second-order valence-corrected chi connectivity index (χ2v) is 8.59. The molecule has 2 aromatic heterocycles. The molecule has 2 aromatic rings. The molecule has 1 aliphatic heterocycles. The third kappa shape index (κ3) is 5.13. The molecule has 1 fully saturated rings. The van der Waals surface area contributed by atoms with Gasteiger partial charge in [0.15, 0.2) is 0 Å². The number of ether oxygens (including phenoxy) is 1. The third-order valence-corrected chi connectivity index (χ3v) is 6.15. The van der Waals surface area contributed by atoms with E-state index in [0.29, 0.717) is 5.41 Å². The van der Waals surface area contributed by atoms with Crippen molar-refractivity contribution in [3.63, 3.8) is 0 Å². The summed E-state index contributed by atoms with van der Waals surface area (Å²) in [6.07, 6.45) is 5.63. The molecule has 3 heterocycles. The van der Waals surface area contributed by atoms with E-state index in [1.165, 1.54) is 28.8 Å². The summed E-state index contributed by atoms with van der Waals surface area (Å²) in [5, 5.41) is 2.31. The Morgan fingerprint density at radius 3 is 2.84 bits per heavy atom. The fourth-order valence-electron chi connectivity index (χ4n) is 3.76. The highest BCUT2D eigenvalue weighted by Crippen LogP contribution is 2.36. The van der Waals surface area contributed by atoms with E-state index in [-0.39, 0.29) is 0 Å². The van der Waals surface area contributed by atoms with Crippen molar-refractivity contribution in [2.75, 3.05) is 26.3 Å². The van der Waals surface area contributed by atoms with Crippen LogP contribution in [0.4, 0.5) is 0 Å². The summed E-state index contributed by atoms with van der Waals surface area (Å²) in [4.78, 5) is 8.42. The van der Waals surface area contributed by atoms with E-state index < -0.39 is 0 Å². The van der Waals surface area contributed by atoms with Crippen LogP contribution in [0.25, 0.3) is 0 Å². The van der Waals surface area contributed by atoms with Crippen LogP contribution < -0.4 is 0 Å². The maximum absolute atomic E-state index is 5.89. The average Bonchev–Trinajstić information content (AvgIpc) is 3.20. The summed E-state index contributed by atoms with van der Waals surface area (Å²) >= 11 is 1.86. The molecule has 1 saturated heterocycles. The Morgan fingerprint density at radius 2 is 2.16 bits per heavy atom. The fourth-order valence-corrected chi connectivity index (χ4v) is 4.51. The van der Waals surface area contributed by atoms with Crippen molar-refractivity contribution in [3.8, 4) is 0 Å². The van der Waals surface area contributed by atoms with E-state index in [9.17, 15) is 0 Å². The molecule has 0 radical (unpaired) electrons. The minimum atomic E-state index is 0.296. The van der Waals surface area contributed by atoms with Gasteiger partial charge in [0.1, 0.15) is 0 Å². The zero-order chi connectivity index (χ0) is 17.7. The van der Waals surface area contributed by atoms with Crippen molar-refractivity contribution in [1.82, 2.24) is 9.88 Å². The number of thiophene rings is 1. The molecular formula is C21H30N2OS. The van der Waals surface area contributed by atoms with Gasteiger partial charge in [0.2, 0.25) is 0 Å². The molecule has 0 N–H and O–H groups in total. The number of hydrogen-bond acceptors (Lipinski definition) is 4. The van der Waals surface area contributed by atoms with Crippen LogP contribution in [-0.2, 0) is 17.7 Å². The highest BCUT2D eigenvalue weighted by molar-refractivity contribution is 7.10. The first-order valence-corrected chi connectivity index (χ1v) is 10.2. The molecule has 3 rings (SSSR count). The van der Waals surface area contributed by atoms with E-state index in [0.717, 1.165) is 45.0 Å². The summed E-state index contributed by atoms with van der Waals surface area (Å²) in [5.41, 5.74) is 4.18. The zero-order valence-electron chi connectivity index (χ0n) is 15.8. The zero-order valence-corrected chi connectivity index (χ0v) is 16.6. The summed E-state index contributed by atoms with van der Waals surface area (Å²) in [6, 6.07) is 6.65. The van der Waals surface area contributed by atoms with Crippen molar-refractivity contribution < 1.29 is 4.74 Å². The Bertz CT molecular complexity index is 667. The Balaban J connectivity index is 1.61. The SMILES string of the molecule is CCOCC1(CCc2csc(C)c2)CCN(Cc2ccc(C)nc2)C1. The highest BCUT2D eigenvalue weighted by Gasteiger charge is 2.37. The molecule has 0 aromatic carbocycles. The lowest BCUT2D eigenvalue weighted by Gasteiger charge is -2.29. The van der Waals surface area contributed by atoms with Crippen molar-refractivity contribution in [1.29, 1.82) is 0 Å². The summed E-state index contributed by atoms with van der Waals surface area (Å²) in [6.45, 7) is 11.3. The molecule has 136 valence electrons. The smallest absolute Gasteiger partial charge is 0.0535 e. The summed E-state index contributed by atoms with van der Waals surface area (Å²) in [7, 11) is 0. The molecule has 0 bridgehead atoms. The van der Waals surface area contributed by atoms with Gasteiger partial charge in [0, 0.05) is 41.9 Å². The molecule has 3 nitrogen and oxygen atoms in total. The third-order valence-electron chi connectivity index (χ3n) is 5.24. The predicted molar refractivity (Wildman–Crippen MR) is 105 cm³/mol. The molecule has 4 heteroatoms. The Labute approximate surface area is 156 Å². The highest BCUT2D eigenvalue weighted by atomic mass is 32.1. The number of likely N-dealkylation sites (tertiary alicyclic amines) is 1. The molecule has 1 atom stereocenters. The molecule has 0 saturated carbocycles. The Morgan fingerprint density at radius 1 is 1.28 bits per heavy atom. The van der Waals surface area contributed by atoms with Gasteiger partial charge in [-0.15, -0.1) is 11.3 Å². The topological polar surface area (TPSA) is 25.4 Å². The summed E-state index contributed by atoms with van der Waals surface area (Å²) < 4.78 is 5.89. The van der Waals surface area contributed by atoms with Gasteiger partial charge in [-0.3, -0.25) is 9.88 Å². The summed E-state index contributed by atoms with van der Waals surface area (Å²) in [5.74, 6) is 0. The van der Waals surface area contributed by atoms with Gasteiger partial charge in [-0.1, -0.05) is 6.07 Å². The maximum Gasteiger partial charge on any atom is 0.0535 e. The lowest BCUT2D eigenvalue weighted by atomic mass is 9.82. The Kier molecular flexibility index (Phi) is 6.26. The first kappa shape index (κ1) is 18.6. The van der Waals surface area contributed by atoms with Crippen LogP contribution in [0, 0.1) is 19.3 Å². The van der Waals surface area contributed by atoms with E-state index in [1.807, 2.05) is 24.5 Å². The van der Waals surface area contributed by atoms with Gasteiger partial charge in [-0.25, -0.2) is 0 Å². The van der Waals surface area contributed by atoms with E-state index in [2.05, 4.69) is 47.3 Å². The number of pyridine rings is 1. The van der Waals surface area contributed by atoms with Crippen molar-refractivity contribution in [2.24, 2.45) is 5.41 Å². The van der Waals surface area contributed by atoms with E-state index in [1.54, 1.807) is 0 Å². The van der Waals surface area contributed by atoms with Crippen molar-refractivity contribution in [2.45, 2.75) is 46.6 Å². The lowest BCUT2D eigenvalue weighted by Crippen LogP contribution is -2.32. The van der Waals surface area contributed by atoms with Crippen LogP contribution >= 0.6 is 11.3 Å². The number of aromatic nitrogens is 1. The lowest BCUT2D eigenvalue weighted by molar-refractivity contribution is 0.0489. The molecule has 0 spiro atoms. The van der Waals surface area contributed by atoms with Gasteiger partial charge in [0.05, 0.1) is 6.61 Å². The van der Waals surface area contributed by atoms with Crippen molar-refractivity contribution >= 4 is 11.3 Å². The first-order valence-electron chi connectivity index (χ1n) is 9.34. The fraction of sp³-hybridized carbons (Fsp3) is 0.571. The standard InChI is InChI=1S/C21H30N2OS/c1-4-24-16-21(8-7-19-11-18(3)25-14-19)9-10-23(15-21)13-20-6-5-17(2)22-12-20/h5-6,11-12,14H,4,7-10,13,15-16H2,1-3H3. The van der Waals surface area contributed by atoms with E-state index >= 15 is 0 Å². The van der Waals surface area contributed by atoms with E-state index in [4.69, 9.17) is 4.74 Å². The maximum atomic E-state index is 5.89. The quantitative estimate of drug-likeness (QED) is 0.688. The average molecular weight is 359 g/mol. The molecule has 0 aliphatic carbocycles. The number of rotatable bonds is 8. The molecule has 1 unspecified atom stereocenters. The largest absolute Gasteiger partial charge is 0.381 e. The Hall–Kier alpha value is -1.23. The second-order valence-electron chi connectivity index (χ2n) is 7.47. The van der Waals surface area contributed by atoms with Crippen LogP contribution in [0.5, 0.6) is 0 Å². The molecule has 25 heavy (non-hydrogen) atoms. The van der Waals surface area contributed by atoms with Crippen LogP contribution in [0.1, 0.15) is 41.5 Å². The van der Waals surface area contributed by atoms with Gasteiger partial charge >= 0.3 is 0 Å². The predicted octanol–water partition coefficient (Wildman–Crippen LogP) is 4.62. The van der Waals surface area contributed by atoms with Gasteiger partial charge < -0.3 is 4.74 Å². The van der Waals surface area contributed by atoms with Crippen LogP contribution in [-0.4, -0.2) is 36.2 Å². The van der Waals surface area contributed by atoms with Gasteiger partial charge in [0.25, 0.3) is 0 Å². The normalized spacial score (nSPS) is 21.1. The monoisotopic (exact) mass is 358 g/mol. The first-order chi connectivity index (χ1) is 12.1. The molecule has 1 aliphatic rings. The molecule has 0 amide bonds. The number of aryl methyl sites for hydroxylation is 3. The van der Waals surface area contributed by atoms with Crippen LogP contribution in [0.15, 0.2) is 29.8 Å². The van der Waals surface area contributed by atoms with Gasteiger partial charge in [-0.05, 0) is 75.2 Å².